The predicted octanol–water partition coefficient (Wildman–Crippen LogP) is 2.63. The second-order valence-corrected chi connectivity index (χ2v) is 3.93. The summed E-state index contributed by atoms with van der Waals surface area (Å²) in [4.78, 5) is 19.2. The average Bonchev–Trinajstić information content (AvgIpc) is 2.46. The minimum Gasteiger partial charge on any atom is -0.486 e. The van der Waals surface area contributed by atoms with Gasteiger partial charge < -0.3 is 9.62 Å². The van der Waals surface area contributed by atoms with E-state index in [9.17, 15) is 4.79 Å². The molecule has 0 amide bonds. The molecule has 0 saturated heterocycles. The molecular formula is C14H13NO4. The zero-order valence-corrected chi connectivity index (χ0v) is 10.4. The molecule has 1 aromatic heterocycles. The first-order chi connectivity index (χ1) is 9.26. The third-order valence-electron chi connectivity index (χ3n) is 2.66. The summed E-state index contributed by atoms with van der Waals surface area (Å²) in [6, 6.07) is 9.54. The lowest BCUT2D eigenvalue weighted by atomic mass is 10.2. The highest BCUT2D eigenvalue weighted by molar-refractivity contribution is 5.83. The largest absolute Gasteiger partial charge is 0.486 e. The van der Waals surface area contributed by atoms with E-state index < -0.39 is 0 Å². The van der Waals surface area contributed by atoms with E-state index in [1.807, 2.05) is 30.3 Å². The fourth-order valence-electron chi connectivity index (χ4n) is 1.69. The quantitative estimate of drug-likeness (QED) is 0.508. The van der Waals surface area contributed by atoms with Crippen molar-refractivity contribution in [2.24, 2.45) is 0 Å². The van der Waals surface area contributed by atoms with Crippen LogP contribution in [0.5, 0.6) is 11.5 Å². The van der Waals surface area contributed by atoms with Gasteiger partial charge in [-0.15, -0.1) is 0 Å². The summed E-state index contributed by atoms with van der Waals surface area (Å²) in [5, 5.41) is 8.70. The van der Waals surface area contributed by atoms with Crippen LogP contribution in [0.4, 0.5) is 0 Å². The SMILES string of the molecule is Cc1ncc(OO)c(C=O)c1OCc1ccccc1. The number of rotatable bonds is 5. The summed E-state index contributed by atoms with van der Waals surface area (Å²) in [7, 11) is 0. The van der Waals surface area contributed by atoms with E-state index in [4.69, 9.17) is 9.99 Å². The van der Waals surface area contributed by atoms with Crippen LogP contribution >= 0.6 is 0 Å². The molecule has 0 aliphatic heterocycles. The van der Waals surface area contributed by atoms with Crippen LogP contribution < -0.4 is 9.62 Å². The number of nitrogens with zero attached hydrogens (tertiary/aromatic N) is 1. The second-order valence-electron chi connectivity index (χ2n) is 3.93. The Hall–Kier alpha value is -2.40. The van der Waals surface area contributed by atoms with Gasteiger partial charge in [0.25, 0.3) is 0 Å². The molecule has 0 fully saturated rings. The zero-order valence-electron chi connectivity index (χ0n) is 10.4. The fourth-order valence-corrected chi connectivity index (χ4v) is 1.69. The first-order valence-corrected chi connectivity index (χ1v) is 5.69. The van der Waals surface area contributed by atoms with Crippen molar-refractivity contribution in [3.63, 3.8) is 0 Å². The lowest BCUT2D eigenvalue weighted by molar-refractivity contribution is -0.138. The third kappa shape index (κ3) is 2.89. The molecule has 0 aliphatic carbocycles. The van der Waals surface area contributed by atoms with Gasteiger partial charge in [0.1, 0.15) is 12.2 Å². The van der Waals surface area contributed by atoms with Crippen molar-refractivity contribution < 1.29 is 19.7 Å². The molecule has 5 heteroatoms. The molecule has 0 saturated carbocycles. The van der Waals surface area contributed by atoms with Gasteiger partial charge in [0.15, 0.2) is 17.8 Å². The van der Waals surface area contributed by atoms with E-state index in [1.165, 1.54) is 6.20 Å². The second kappa shape index (κ2) is 5.97. The van der Waals surface area contributed by atoms with Gasteiger partial charge in [0, 0.05) is 0 Å². The van der Waals surface area contributed by atoms with Gasteiger partial charge in [-0.3, -0.25) is 9.78 Å². The predicted molar refractivity (Wildman–Crippen MR) is 68.4 cm³/mol. The van der Waals surface area contributed by atoms with Crippen molar-refractivity contribution in [1.29, 1.82) is 0 Å². The lowest BCUT2D eigenvalue weighted by Crippen LogP contribution is -2.03. The van der Waals surface area contributed by atoms with Gasteiger partial charge in [0.05, 0.1) is 11.9 Å². The van der Waals surface area contributed by atoms with Crippen LogP contribution in [0.15, 0.2) is 36.5 Å². The molecule has 0 spiro atoms. The van der Waals surface area contributed by atoms with Gasteiger partial charge in [-0.25, -0.2) is 5.26 Å². The molecule has 1 aromatic carbocycles. The summed E-state index contributed by atoms with van der Waals surface area (Å²) in [5.74, 6) is 0.286. The molecule has 1 N–H and O–H groups in total. The van der Waals surface area contributed by atoms with Gasteiger partial charge in [-0.1, -0.05) is 30.3 Å². The highest BCUT2D eigenvalue weighted by atomic mass is 17.1. The van der Waals surface area contributed by atoms with Gasteiger partial charge in [-0.05, 0) is 12.5 Å². The molecule has 2 aromatic rings. The van der Waals surface area contributed by atoms with Crippen LogP contribution in [0.2, 0.25) is 0 Å². The Morgan fingerprint density at radius 1 is 1.32 bits per heavy atom. The Kier molecular flexibility index (Phi) is 4.10. The maximum Gasteiger partial charge on any atom is 0.197 e. The number of aldehydes is 1. The van der Waals surface area contributed by atoms with Gasteiger partial charge >= 0.3 is 0 Å². The Balaban J connectivity index is 2.26. The van der Waals surface area contributed by atoms with E-state index in [-0.39, 0.29) is 11.3 Å². The van der Waals surface area contributed by atoms with Crippen LogP contribution in [0.3, 0.4) is 0 Å². The van der Waals surface area contributed by atoms with Crippen molar-refractivity contribution in [2.45, 2.75) is 13.5 Å². The first kappa shape index (κ1) is 13.0. The van der Waals surface area contributed by atoms with Crippen molar-refractivity contribution in [1.82, 2.24) is 4.98 Å². The van der Waals surface area contributed by atoms with E-state index in [0.29, 0.717) is 24.3 Å². The molecule has 5 nitrogen and oxygen atoms in total. The topological polar surface area (TPSA) is 68.7 Å². The fraction of sp³-hybridized carbons (Fsp3) is 0.143. The summed E-state index contributed by atoms with van der Waals surface area (Å²) in [6.07, 6.45) is 1.84. The maximum atomic E-state index is 11.1. The smallest absolute Gasteiger partial charge is 0.197 e. The number of aromatic nitrogens is 1. The summed E-state index contributed by atoms with van der Waals surface area (Å²) in [6.45, 7) is 2.02. The number of benzene rings is 1. The standard InChI is InChI=1S/C14H13NO4/c1-10-14(12(8-16)13(19-17)7-15-10)18-9-11-5-3-2-4-6-11/h2-8,17H,9H2,1H3. The molecule has 2 rings (SSSR count). The van der Waals surface area contributed by atoms with E-state index in [0.717, 1.165) is 5.56 Å². The van der Waals surface area contributed by atoms with Gasteiger partial charge in [0.2, 0.25) is 0 Å². The highest BCUT2D eigenvalue weighted by Crippen LogP contribution is 2.29. The number of ether oxygens (including phenoxy) is 1. The van der Waals surface area contributed by atoms with Crippen LogP contribution in [0, 0.1) is 6.92 Å². The first-order valence-electron chi connectivity index (χ1n) is 5.69. The minimum atomic E-state index is -0.0244. The summed E-state index contributed by atoms with van der Waals surface area (Å²) in [5.41, 5.74) is 1.67. The van der Waals surface area contributed by atoms with E-state index in [1.54, 1.807) is 6.92 Å². The molecular weight excluding hydrogens is 246 g/mol. The molecule has 1 heterocycles. The molecule has 0 radical (unpaired) electrons. The molecule has 0 bridgehead atoms. The zero-order chi connectivity index (χ0) is 13.7. The van der Waals surface area contributed by atoms with Crippen molar-refractivity contribution >= 4 is 6.29 Å². The summed E-state index contributed by atoms with van der Waals surface area (Å²) >= 11 is 0. The van der Waals surface area contributed by atoms with Crippen LogP contribution in [0.25, 0.3) is 0 Å². The van der Waals surface area contributed by atoms with Crippen molar-refractivity contribution in [3.05, 3.63) is 53.3 Å². The van der Waals surface area contributed by atoms with Crippen LogP contribution in [0.1, 0.15) is 21.6 Å². The Bertz CT molecular complexity index is 569. The third-order valence-corrected chi connectivity index (χ3v) is 2.66. The lowest BCUT2D eigenvalue weighted by Gasteiger charge is -2.12. The molecule has 0 unspecified atom stereocenters. The average molecular weight is 259 g/mol. The van der Waals surface area contributed by atoms with Crippen LogP contribution in [-0.4, -0.2) is 16.5 Å². The number of hydrogen-bond acceptors (Lipinski definition) is 5. The number of pyridine rings is 1. The van der Waals surface area contributed by atoms with E-state index in [2.05, 4.69) is 9.87 Å². The van der Waals surface area contributed by atoms with E-state index >= 15 is 0 Å². The van der Waals surface area contributed by atoms with Crippen molar-refractivity contribution in [3.8, 4) is 11.5 Å². The number of carbonyl (C=O) groups excluding carboxylic acids is 1. The molecule has 98 valence electrons. The molecule has 19 heavy (non-hydrogen) atoms. The van der Waals surface area contributed by atoms with Gasteiger partial charge in [-0.2, -0.15) is 0 Å². The Morgan fingerprint density at radius 2 is 2.05 bits per heavy atom. The highest BCUT2D eigenvalue weighted by Gasteiger charge is 2.15. The normalized spacial score (nSPS) is 10.0. The van der Waals surface area contributed by atoms with Crippen molar-refractivity contribution in [2.75, 3.05) is 0 Å². The molecule has 0 aliphatic rings. The Labute approximate surface area is 110 Å². The Morgan fingerprint density at radius 3 is 2.68 bits per heavy atom. The molecule has 0 atom stereocenters. The minimum absolute atomic E-state index is 0.0244. The number of hydrogen-bond donors (Lipinski definition) is 1. The summed E-state index contributed by atoms with van der Waals surface area (Å²) < 4.78 is 5.60. The number of aryl methyl sites for hydroxylation is 1. The van der Waals surface area contributed by atoms with Crippen LogP contribution in [-0.2, 0) is 6.61 Å². The monoisotopic (exact) mass is 259 g/mol. The number of carbonyl (C=O) groups is 1. The maximum absolute atomic E-state index is 11.1.